The number of amides is 2. The van der Waals surface area contributed by atoms with Crippen LogP contribution in [0.15, 0.2) is 24.5 Å². The van der Waals surface area contributed by atoms with Gasteiger partial charge in [0, 0.05) is 31.9 Å². The van der Waals surface area contributed by atoms with E-state index in [2.05, 4.69) is 31.1 Å². The third-order valence-electron chi connectivity index (χ3n) is 4.63. The molecule has 4 rings (SSSR count). The second-order valence-corrected chi connectivity index (χ2v) is 6.52. The summed E-state index contributed by atoms with van der Waals surface area (Å²) in [6.07, 6.45) is 4.23. The van der Waals surface area contributed by atoms with Crippen molar-refractivity contribution in [2.45, 2.75) is 25.0 Å². The molecule has 3 heterocycles. The van der Waals surface area contributed by atoms with Crippen LogP contribution in [-0.2, 0) is 4.74 Å². The Labute approximate surface area is 149 Å². The highest BCUT2D eigenvalue weighted by Gasteiger charge is 2.33. The van der Waals surface area contributed by atoms with Gasteiger partial charge in [0.2, 0.25) is 0 Å². The van der Waals surface area contributed by atoms with Gasteiger partial charge >= 0.3 is 6.03 Å². The Morgan fingerprint density at radius 3 is 2.81 bits per heavy atom. The molecule has 2 N–H and O–H groups in total. The minimum atomic E-state index is -0.529. The summed E-state index contributed by atoms with van der Waals surface area (Å²) >= 11 is 0. The van der Waals surface area contributed by atoms with Gasteiger partial charge in [0.05, 0.1) is 12.2 Å². The predicted octanol–water partition coefficient (Wildman–Crippen LogP) is 0.786. The summed E-state index contributed by atoms with van der Waals surface area (Å²) in [5.74, 6) is -0.529. The lowest BCUT2D eigenvalue weighted by Crippen LogP contribution is -2.46. The fourth-order valence-electron chi connectivity index (χ4n) is 3.43. The van der Waals surface area contributed by atoms with E-state index in [1.54, 1.807) is 6.07 Å². The van der Waals surface area contributed by atoms with E-state index in [9.17, 15) is 9.18 Å². The van der Waals surface area contributed by atoms with Crippen molar-refractivity contribution < 1.29 is 13.9 Å². The van der Waals surface area contributed by atoms with Crippen LogP contribution in [-0.4, -0.2) is 69.5 Å². The maximum Gasteiger partial charge on any atom is 0.319 e. The van der Waals surface area contributed by atoms with Gasteiger partial charge in [0.15, 0.2) is 5.82 Å². The van der Waals surface area contributed by atoms with E-state index in [-0.39, 0.29) is 11.7 Å². The normalized spacial score (nSPS) is 22.3. The molecule has 10 heteroatoms. The number of aromatic nitrogens is 4. The van der Waals surface area contributed by atoms with Crippen molar-refractivity contribution in [1.82, 2.24) is 30.4 Å². The number of fused-ring (bicyclic) bond motifs is 2. The van der Waals surface area contributed by atoms with Crippen molar-refractivity contribution in [2.75, 3.05) is 31.5 Å². The quantitative estimate of drug-likeness (QED) is 0.817. The molecule has 26 heavy (non-hydrogen) atoms. The van der Waals surface area contributed by atoms with Crippen LogP contribution in [0.3, 0.4) is 0 Å². The van der Waals surface area contributed by atoms with Gasteiger partial charge in [-0.25, -0.2) is 9.18 Å². The molecule has 0 spiro atoms. The van der Waals surface area contributed by atoms with Crippen molar-refractivity contribution in [3.8, 4) is 5.69 Å². The Balaban J connectivity index is 1.25. The average molecular weight is 361 g/mol. The zero-order chi connectivity index (χ0) is 17.9. The van der Waals surface area contributed by atoms with Crippen molar-refractivity contribution in [1.29, 1.82) is 0 Å². The van der Waals surface area contributed by atoms with E-state index in [1.165, 1.54) is 23.1 Å². The van der Waals surface area contributed by atoms with Crippen LogP contribution in [0, 0.1) is 5.82 Å². The van der Waals surface area contributed by atoms with E-state index < -0.39 is 5.82 Å². The Morgan fingerprint density at radius 2 is 2.12 bits per heavy atom. The second kappa shape index (κ2) is 7.34. The standard InChI is InChI=1S/C16H20FN7O2/c17-14-7-11(1-4-15(14)24-10-19-21-22-24)20-16(25)18-5-6-23-8-12-2-3-13(9-23)26-12/h1,4,7,10,12-13H,2-3,5-6,8-9H2,(H2,18,20,25). The number of anilines is 1. The number of hydrogen-bond acceptors (Lipinski definition) is 6. The number of nitrogens with zero attached hydrogens (tertiary/aromatic N) is 5. The molecule has 2 atom stereocenters. The van der Waals surface area contributed by atoms with Gasteiger partial charge in [0.25, 0.3) is 0 Å². The molecule has 2 fully saturated rings. The molecule has 2 aromatic rings. The largest absolute Gasteiger partial charge is 0.372 e. The van der Waals surface area contributed by atoms with E-state index >= 15 is 0 Å². The summed E-state index contributed by atoms with van der Waals surface area (Å²) in [6, 6.07) is 3.97. The predicted molar refractivity (Wildman–Crippen MR) is 90.5 cm³/mol. The van der Waals surface area contributed by atoms with Crippen LogP contribution < -0.4 is 10.6 Å². The molecule has 9 nitrogen and oxygen atoms in total. The zero-order valence-corrected chi connectivity index (χ0v) is 14.1. The molecule has 0 saturated carbocycles. The van der Waals surface area contributed by atoms with Gasteiger partial charge in [-0.05, 0) is 41.5 Å². The van der Waals surface area contributed by atoms with Gasteiger partial charge in [-0.15, -0.1) is 5.10 Å². The highest BCUT2D eigenvalue weighted by molar-refractivity contribution is 5.89. The lowest BCUT2D eigenvalue weighted by atomic mass is 10.2. The van der Waals surface area contributed by atoms with Gasteiger partial charge in [-0.2, -0.15) is 4.68 Å². The van der Waals surface area contributed by atoms with Crippen molar-refractivity contribution >= 4 is 11.7 Å². The molecule has 1 aromatic carbocycles. The first-order chi connectivity index (χ1) is 12.7. The lowest BCUT2D eigenvalue weighted by Gasteiger charge is -2.31. The summed E-state index contributed by atoms with van der Waals surface area (Å²) in [6.45, 7) is 3.14. The first-order valence-electron chi connectivity index (χ1n) is 8.63. The first-order valence-corrected chi connectivity index (χ1v) is 8.63. The van der Waals surface area contributed by atoms with Crippen LogP contribution in [0.1, 0.15) is 12.8 Å². The van der Waals surface area contributed by atoms with Gasteiger partial charge < -0.3 is 15.4 Å². The number of carbonyl (C=O) groups excluding carboxylic acids is 1. The molecule has 2 aliphatic rings. The minimum Gasteiger partial charge on any atom is -0.372 e. The Bertz CT molecular complexity index is 758. The summed E-state index contributed by atoms with van der Waals surface area (Å²) in [7, 11) is 0. The summed E-state index contributed by atoms with van der Waals surface area (Å²) in [5, 5.41) is 16.0. The maximum absolute atomic E-state index is 14.1. The molecule has 2 bridgehead atoms. The van der Waals surface area contributed by atoms with Crippen molar-refractivity contribution in [2.24, 2.45) is 0 Å². The number of hydrogen-bond donors (Lipinski definition) is 2. The van der Waals surface area contributed by atoms with Crippen LogP contribution in [0.5, 0.6) is 0 Å². The number of benzene rings is 1. The topological polar surface area (TPSA) is 97.2 Å². The number of likely N-dealkylation sites (tertiary alicyclic amines) is 1. The van der Waals surface area contributed by atoms with E-state index in [1.807, 2.05) is 0 Å². The average Bonchev–Trinajstić information content (AvgIpc) is 3.25. The second-order valence-electron chi connectivity index (χ2n) is 6.52. The van der Waals surface area contributed by atoms with Crippen LogP contribution in [0.25, 0.3) is 5.69 Å². The highest BCUT2D eigenvalue weighted by Crippen LogP contribution is 2.25. The summed E-state index contributed by atoms with van der Waals surface area (Å²) in [4.78, 5) is 14.3. The number of tetrazole rings is 1. The molecule has 1 aromatic heterocycles. The van der Waals surface area contributed by atoms with Crippen LogP contribution in [0.2, 0.25) is 0 Å². The molecule has 2 aliphatic heterocycles. The van der Waals surface area contributed by atoms with Gasteiger partial charge in [-0.3, -0.25) is 4.90 Å². The van der Waals surface area contributed by atoms with Crippen molar-refractivity contribution in [3.63, 3.8) is 0 Å². The fourth-order valence-corrected chi connectivity index (χ4v) is 3.43. The molecular weight excluding hydrogens is 341 g/mol. The summed E-state index contributed by atoms with van der Waals surface area (Å²) in [5.41, 5.74) is 0.573. The Kier molecular flexibility index (Phi) is 4.76. The maximum atomic E-state index is 14.1. The number of carbonyl (C=O) groups is 1. The van der Waals surface area contributed by atoms with E-state index in [4.69, 9.17) is 4.74 Å². The minimum absolute atomic E-state index is 0.211. The number of morpholine rings is 1. The van der Waals surface area contributed by atoms with Crippen molar-refractivity contribution in [3.05, 3.63) is 30.3 Å². The number of urea groups is 1. The molecule has 138 valence electrons. The van der Waals surface area contributed by atoms with E-state index in [0.29, 0.717) is 24.4 Å². The highest BCUT2D eigenvalue weighted by atomic mass is 19.1. The number of rotatable bonds is 5. The lowest BCUT2D eigenvalue weighted by molar-refractivity contribution is -0.0374. The summed E-state index contributed by atoms with van der Waals surface area (Å²) < 4.78 is 21.1. The van der Waals surface area contributed by atoms with Gasteiger partial charge in [0.1, 0.15) is 12.0 Å². The smallest absolute Gasteiger partial charge is 0.319 e. The Morgan fingerprint density at radius 1 is 1.31 bits per heavy atom. The zero-order valence-electron chi connectivity index (χ0n) is 14.1. The number of ether oxygens (including phenoxy) is 1. The molecular formula is C16H20FN7O2. The third kappa shape index (κ3) is 3.81. The number of nitrogens with one attached hydrogen (secondary N) is 2. The van der Waals surface area contributed by atoms with E-state index in [0.717, 1.165) is 32.5 Å². The van der Waals surface area contributed by atoms with Gasteiger partial charge in [-0.1, -0.05) is 0 Å². The molecule has 2 saturated heterocycles. The number of halogens is 1. The fraction of sp³-hybridized carbons (Fsp3) is 0.500. The monoisotopic (exact) mass is 361 g/mol. The molecule has 2 unspecified atom stereocenters. The Hall–Kier alpha value is -2.59. The molecule has 0 radical (unpaired) electrons. The van der Waals surface area contributed by atoms with Crippen LogP contribution in [0.4, 0.5) is 14.9 Å². The molecule has 0 aliphatic carbocycles. The molecule has 2 amide bonds. The SMILES string of the molecule is O=C(NCCN1CC2CCC(C1)O2)Nc1ccc(-n2cnnn2)c(F)c1. The van der Waals surface area contributed by atoms with Crippen LogP contribution >= 0.6 is 0 Å². The third-order valence-corrected chi connectivity index (χ3v) is 4.63. The first kappa shape index (κ1) is 16.9.